The molecule has 0 radical (unpaired) electrons. The average Bonchev–Trinajstić information content (AvgIpc) is 2.60. The Bertz CT molecular complexity index is 590. The average molecular weight is 252 g/mol. The van der Waals surface area contributed by atoms with Gasteiger partial charge in [0.15, 0.2) is 17.5 Å². The lowest BCUT2D eigenvalue weighted by Gasteiger charge is -2.04. The van der Waals surface area contributed by atoms with Gasteiger partial charge in [-0.2, -0.15) is 0 Å². The third kappa shape index (κ3) is 1.90. The molecule has 0 atom stereocenters. The molecule has 0 amide bonds. The standard InChI is InChI=1S/C12H14F2N4/c1-6(2)12-17-10(11(15)18(12)16)7-3-4-8(13)9(14)5-7/h3-6H,15-16H2,1-2H3. The van der Waals surface area contributed by atoms with Crippen LogP contribution in [0, 0.1) is 11.6 Å². The summed E-state index contributed by atoms with van der Waals surface area (Å²) in [4.78, 5) is 4.27. The molecule has 0 unspecified atom stereocenters. The topological polar surface area (TPSA) is 69.9 Å². The molecule has 6 heteroatoms. The van der Waals surface area contributed by atoms with E-state index in [9.17, 15) is 8.78 Å². The van der Waals surface area contributed by atoms with Gasteiger partial charge in [0.1, 0.15) is 11.5 Å². The molecule has 96 valence electrons. The largest absolute Gasteiger partial charge is 0.382 e. The van der Waals surface area contributed by atoms with Crippen molar-refractivity contribution in [2.75, 3.05) is 11.6 Å². The highest BCUT2D eigenvalue weighted by Gasteiger charge is 2.17. The van der Waals surface area contributed by atoms with Crippen molar-refractivity contribution in [1.29, 1.82) is 0 Å². The molecule has 4 N–H and O–H groups in total. The summed E-state index contributed by atoms with van der Waals surface area (Å²) < 4.78 is 27.3. The summed E-state index contributed by atoms with van der Waals surface area (Å²) in [6, 6.07) is 3.51. The van der Waals surface area contributed by atoms with E-state index in [-0.39, 0.29) is 11.7 Å². The molecule has 0 aliphatic rings. The number of imidazole rings is 1. The number of rotatable bonds is 2. The first-order valence-electron chi connectivity index (χ1n) is 5.50. The van der Waals surface area contributed by atoms with Gasteiger partial charge >= 0.3 is 0 Å². The summed E-state index contributed by atoms with van der Waals surface area (Å²) in [5.41, 5.74) is 6.58. The van der Waals surface area contributed by atoms with E-state index in [1.165, 1.54) is 10.7 Å². The van der Waals surface area contributed by atoms with Gasteiger partial charge in [0, 0.05) is 11.5 Å². The lowest BCUT2D eigenvalue weighted by atomic mass is 10.1. The minimum atomic E-state index is -0.940. The monoisotopic (exact) mass is 252 g/mol. The van der Waals surface area contributed by atoms with E-state index in [2.05, 4.69) is 4.98 Å². The predicted octanol–water partition coefficient (Wildman–Crippen LogP) is 2.25. The van der Waals surface area contributed by atoms with Gasteiger partial charge < -0.3 is 11.6 Å². The molecule has 0 spiro atoms. The number of halogens is 2. The van der Waals surface area contributed by atoms with E-state index in [0.717, 1.165) is 12.1 Å². The highest BCUT2D eigenvalue weighted by Crippen LogP contribution is 2.28. The molecular formula is C12H14F2N4. The molecule has 4 nitrogen and oxygen atoms in total. The summed E-state index contributed by atoms with van der Waals surface area (Å²) in [6.07, 6.45) is 0. The van der Waals surface area contributed by atoms with Crippen molar-refractivity contribution in [1.82, 2.24) is 9.66 Å². The first kappa shape index (κ1) is 12.3. The first-order valence-corrected chi connectivity index (χ1v) is 5.50. The van der Waals surface area contributed by atoms with Crippen LogP contribution >= 0.6 is 0 Å². The van der Waals surface area contributed by atoms with Crippen LogP contribution in [-0.2, 0) is 0 Å². The van der Waals surface area contributed by atoms with Gasteiger partial charge in [-0.1, -0.05) is 13.8 Å². The molecule has 1 aromatic carbocycles. The van der Waals surface area contributed by atoms with Crippen LogP contribution in [0.25, 0.3) is 11.3 Å². The Labute approximate surface area is 103 Å². The first-order chi connectivity index (χ1) is 8.41. The van der Waals surface area contributed by atoms with E-state index in [4.69, 9.17) is 11.6 Å². The van der Waals surface area contributed by atoms with Gasteiger partial charge in [0.25, 0.3) is 0 Å². The summed E-state index contributed by atoms with van der Waals surface area (Å²) in [6.45, 7) is 3.83. The second-order valence-corrected chi connectivity index (χ2v) is 4.36. The Balaban J connectivity index is 2.57. The highest BCUT2D eigenvalue weighted by atomic mass is 19.2. The predicted molar refractivity (Wildman–Crippen MR) is 66.2 cm³/mol. The van der Waals surface area contributed by atoms with Crippen LogP contribution < -0.4 is 11.6 Å². The molecule has 0 saturated heterocycles. The number of nitrogens with two attached hydrogens (primary N) is 2. The molecule has 18 heavy (non-hydrogen) atoms. The van der Waals surface area contributed by atoms with E-state index in [1.807, 2.05) is 13.8 Å². The molecule has 1 heterocycles. The van der Waals surface area contributed by atoms with Crippen LogP contribution in [0.2, 0.25) is 0 Å². The maximum atomic E-state index is 13.2. The zero-order valence-corrected chi connectivity index (χ0v) is 10.1. The quantitative estimate of drug-likeness (QED) is 0.805. The molecule has 2 aromatic rings. The fourth-order valence-corrected chi connectivity index (χ4v) is 1.73. The van der Waals surface area contributed by atoms with Crippen molar-refractivity contribution in [3.63, 3.8) is 0 Å². The van der Waals surface area contributed by atoms with Gasteiger partial charge in [-0.05, 0) is 18.2 Å². The molecular weight excluding hydrogens is 238 g/mol. The van der Waals surface area contributed by atoms with Crippen molar-refractivity contribution in [2.24, 2.45) is 0 Å². The zero-order chi connectivity index (χ0) is 13.4. The minimum absolute atomic E-state index is 0.0799. The fraction of sp³-hybridized carbons (Fsp3) is 0.250. The van der Waals surface area contributed by atoms with Crippen molar-refractivity contribution in [3.8, 4) is 11.3 Å². The number of aromatic nitrogens is 2. The SMILES string of the molecule is CC(C)c1nc(-c2ccc(F)c(F)c2)c(N)n1N. The molecule has 0 bridgehead atoms. The Morgan fingerprint density at radius 2 is 1.89 bits per heavy atom. The maximum Gasteiger partial charge on any atom is 0.159 e. The lowest BCUT2D eigenvalue weighted by Crippen LogP contribution is -2.16. The van der Waals surface area contributed by atoms with Gasteiger partial charge in [-0.15, -0.1) is 0 Å². The van der Waals surface area contributed by atoms with Crippen LogP contribution in [-0.4, -0.2) is 9.66 Å². The molecule has 0 aliphatic carbocycles. The Kier molecular flexibility index (Phi) is 2.94. The molecule has 0 aliphatic heterocycles. The molecule has 0 saturated carbocycles. The lowest BCUT2D eigenvalue weighted by molar-refractivity contribution is 0.509. The van der Waals surface area contributed by atoms with E-state index in [0.29, 0.717) is 17.1 Å². The van der Waals surface area contributed by atoms with E-state index >= 15 is 0 Å². The van der Waals surface area contributed by atoms with Gasteiger partial charge in [0.2, 0.25) is 0 Å². The third-order valence-electron chi connectivity index (χ3n) is 2.68. The number of hydrogen-bond donors (Lipinski definition) is 2. The molecule has 1 aromatic heterocycles. The Hall–Kier alpha value is -2.11. The van der Waals surface area contributed by atoms with Crippen molar-refractivity contribution < 1.29 is 8.78 Å². The fourth-order valence-electron chi connectivity index (χ4n) is 1.73. The number of hydrogen-bond acceptors (Lipinski definition) is 3. The second kappa shape index (κ2) is 4.29. The zero-order valence-electron chi connectivity index (χ0n) is 10.1. The van der Waals surface area contributed by atoms with Crippen LogP contribution in [0.15, 0.2) is 18.2 Å². The highest BCUT2D eigenvalue weighted by molar-refractivity contribution is 5.71. The van der Waals surface area contributed by atoms with E-state index < -0.39 is 11.6 Å². The van der Waals surface area contributed by atoms with Crippen LogP contribution in [0.1, 0.15) is 25.6 Å². The number of nitrogens with zero attached hydrogens (tertiary/aromatic N) is 2. The van der Waals surface area contributed by atoms with Crippen LogP contribution in [0.4, 0.5) is 14.6 Å². The van der Waals surface area contributed by atoms with Crippen LogP contribution in [0.3, 0.4) is 0 Å². The minimum Gasteiger partial charge on any atom is -0.382 e. The van der Waals surface area contributed by atoms with Gasteiger partial charge in [-0.3, -0.25) is 0 Å². The second-order valence-electron chi connectivity index (χ2n) is 4.36. The Morgan fingerprint density at radius 3 is 2.39 bits per heavy atom. The normalized spacial score (nSPS) is 11.2. The van der Waals surface area contributed by atoms with E-state index in [1.54, 1.807) is 0 Å². The number of benzene rings is 1. The van der Waals surface area contributed by atoms with Crippen molar-refractivity contribution in [2.45, 2.75) is 19.8 Å². The van der Waals surface area contributed by atoms with Gasteiger partial charge in [0.05, 0.1) is 0 Å². The van der Waals surface area contributed by atoms with Gasteiger partial charge in [-0.25, -0.2) is 18.4 Å². The summed E-state index contributed by atoms with van der Waals surface area (Å²) >= 11 is 0. The Morgan fingerprint density at radius 1 is 1.22 bits per heavy atom. The number of nitrogen functional groups attached to an aromatic ring is 2. The summed E-state index contributed by atoms with van der Waals surface area (Å²) in [7, 11) is 0. The number of anilines is 1. The summed E-state index contributed by atoms with van der Waals surface area (Å²) in [5, 5.41) is 0. The van der Waals surface area contributed by atoms with Crippen molar-refractivity contribution >= 4 is 5.82 Å². The maximum absolute atomic E-state index is 13.2. The third-order valence-corrected chi connectivity index (χ3v) is 2.68. The molecule has 0 fully saturated rings. The summed E-state index contributed by atoms with van der Waals surface area (Å²) in [5.74, 6) is 4.82. The molecule has 2 rings (SSSR count). The smallest absolute Gasteiger partial charge is 0.159 e. The van der Waals surface area contributed by atoms with Crippen molar-refractivity contribution in [3.05, 3.63) is 35.7 Å². The van der Waals surface area contributed by atoms with Crippen LogP contribution in [0.5, 0.6) is 0 Å².